The van der Waals surface area contributed by atoms with Crippen LogP contribution in [0.3, 0.4) is 0 Å². The Kier molecular flexibility index (Phi) is 5.37. The van der Waals surface area contributed by atoms with E-state index < -0.39 is 0 Å². The van der Waals surface area contributed by atoms with Gasteiger partial charge in [0.1, 0.15) is 0 Å². The molecule has 0 aromatic heterocycles. The molecule has 3 heteroatoms. The summed E-state index contributed by atoms with van der Waals surface area (Å²) in [6, 6.07) is 9.33. The molecule has 0 amide bonds. The van der Waals surface area contributed by atoms with E-state index in [4.69, 9.17) is 0 Å². The maximum Gasteiger partial charge on any atom is 0.0233 e. The van der Waals surface area contributed by atoms with Gasteiger partial charge in [0.15, 0.2) is 0 Å². The summed E-state index contributed by atoms with van der Waals surface area (Å²) in [6.07, 6.45) is 1.23. The first-order valence-electron chi connectivity index (χ1n) is 7.30. The van der Waals surface area contributed by atoms with Crippen molar-refractivity contribution < 1.29 is 0 Å². The Balaban J connectivity index is 1.75. The van der Waals surface area contributed by atoms with Gasteiger partial charge in [-0.25, -0.2) is 0 Å². The quantitative estimate of drug-likeness (QED) is 0.871. The van der Waals surface area contributed by atoms with Crippen molar-refractivity contribution in [3.8, 4) is 0 Å². The number of hydrogen-bond donors (Lipinski definition) is 1. The van der Waals surface area contributed by atoms with Gasteiger partial charge in [-0.05, 0) is 45.1 Å². The normalized spacial score (nSPS) is 20.9. The molecule has 1 saturated heterocycles. The van der Waals surface area contributed by atoms with E-state index in [-0.39, 0.29) is 0 Å². The van der Waals surface area contributed by atoms with E-state index in [1.54, 1.807) is 0 Å². The predicted molar refractivity (Wildman–Crippen MR) is 81.4 cm³/mol. The molecule has 0 aliphatic carbocycles. The zero-order valence-electron chi connectivity index (χ0n) is 12.5. The Morgan fingerprint density at radius 2 is 2.16 bits per heavy atom. The molecule has 1 aliphatic rings. The van der Waals surface area contributed by atoms with Gasteiger partial charge in [-0.2, -0.15) is 0 Å². The lowest BCUT2D eigenvalue weighted by molar-refractivity contribution is 0.212. The molecule has 0 spiro atoms. The van der Waals surface area contributed by atoms with Gasteiger partial charge in [0.2, 0.25) is 0 Å². The van der Waals surface area contributed by atoms with Crippen LogP contribution >= 0.6 is 0 Å². The van der Waals surface area contributed by atoms with Crippen molar-refractivity contribution in [2.45, 2.75) is 25.9 Å². The number of hydrogen-bond acceptors (Lipinski definition) is 3. The molecule has 1 atom stereocenters. The van der Waals surface area contributed by atoms with E-state index in [9.17, 15) is 0 Å². The van der Waals surface area contributed by atoms with Gasteiger partial charge in [0.05, 0.1) is 0 Å². The van der Waals surface area contributed by atoms with E-state index in [0.717, 1.165) is 19.6 Å². The largest absolute Gasteiger partial charge is 0.311 e. The van der Waals surface area contributed by atoms with E-state index in [2.05, 4.69) is 60.4 Å². The Labute approximate surface area is 117 Å². The average Bonchev–Trinajstić information content (AvgIpc) is 2.39. The van der Waals surface area contributed by atoms with Crippen LogP contribution in [0.4, 0.5) is 0 Å². The second-order valence-electron chi connectivity index (χ2n) is 5.87. The van der Waals surface area contributed by atoms with E-state index in [1.807, 2.05) is 0 Å². The van der Waals surface area contributed by atoms with Crippen LogP contribution < -0.4 is 5.32 Å². The fourth-order valence-electron chi connectivity index (χ4n) is 2.72. The Hall–Kier alpha value is -0.900. The van der Waals surface area contributed by atoms with Gasteiger partial charge >= 0.3 is 0 Å². The van der Waals surface area contributed by atoms with Crippen molar-refractivity contribution in [1.29, 1.82) is 0 Å². The number of benzene rings is 1. The summed E-state index contributed by atoms with van der Waals surface area (Å²) in [5.74, 6) is 0. The second-order valence-corrected chi connectivity index (χ2v) is 5.87. The topological polar surface area (TPSA) is 18.5 Å². The van der Waals surface area contributed by atoms with Crippen LogP contribution in [0.15, 0.2) is 24.3 Å². The summed E-state index contributed by atoms with van der Waals surface area (Å²) in [7, 11) is 4.43. The molecule has 106 valence electrons. The molecule has 0 radical (unpaired) electrons. The van der Waals surface area contributed by atoms with Crippen molar-refractivity contribution in [3.05, 3.63) is 35.4 Å². The molecule has 1 unspecified atom stereocenters. The van der Waals surface area contributed by atoms with Crippen LogP contribution in [0, 0.1) is 6.92 Å². The van der Waals surface area contributed by atoms with Crippen LogP contribution in [0.5, 0.6) is 0 Å². The van der Waals surface area contributed by atoms with Crippen molar-refractivity contribution in [2.75, 3.05) is 40.3 Å². The SMILES string of the molecule is Cc1ccccc1CN(C)CCC1CN(C)CCN1. The molecule has 1 heterocycles. The highest BCUT2D eigenvalue weighted by Gasteiger charge is 2.16. The number of piperazine rings is 1. The molecule has 2 rings (SSSR count). The third-order valence-electron chi connectivity index (χ3n) is 4.02. The lowest BCUT2D eigenvalue weighted by Crippen LogP contribution is -2.49. The number of rotatable bonds is 5. The van der Waals surface area contributed by atoms with Crippen molar-refractivity contribution in [2.24, 2.45) is 0 Å². The van der Waals surface area contributed by atoms with Gasteiger partial charge in [0, 0.05) is 32.2 Å². The van der Waals surface area contributed by atoms with Gasteiger partial charge in [-0.3, -0.25) is 0 Å². The first-order chi connectivity index (χ1) is 9.15. The molecule has 1 aromatic rings. The van der Waals surface area contributed by atoms with Crippen molar-refractivity contribution >= 4 is 0 Å². The van der Waals surface area contributed by atoms with Gasteiger partial charge in [-0.1, -0.05) is 24.3 Å². The smallest absolute Gasteiger partial charge is 0.0233 e. The van der Waals surface area contributed by atoms with E-state index in [1.165, 1.54) is 30.6 Å². The Morgan fingerprint density at radius 1 is 1.37 bits per heavy atom. The second kappa shape index (κ2) is 7.04. The minimum Gasteiger partial charge on any atom is -0.311 e. The predicted octanol–water partition coefficient (Wildman–Crippen LogP) is 1.72. The van der Waals surface area contributed by atoms with Gasteiger partial charge < -0.3 is 15.1 Å². The summed E-state index contributed by atoms with van der Waals surface area (Å²) in [6.45, 7) is 7.88. The molecular formula is C16H27N3. The fourth-order valence-corrected chi connectivity index (χ4v) is 2.72. The van der Waals surface area contributed by atoms with Crippen molar-refractivity contribution in [3.63, 3.8) is 0 Å². The highest BCUT2D eigenvalue weighted by Crippen LogP contribution is 2.10. The molecule has 1 aromatic carbocycles. The number of aryl methyl sites for hydroxylation is 1. The minimum atomic E-state index is 0.651. The number of nitrogens with zero attached hydrogens (tertiary/aromatic N) is 2. The lowest BCUT2D eigenvalue weighted by atomic mass is 10.1. The minimum absolute atomic E-state index is 0.651. The summed E-state index contributed by atoms with van der Waals surface area (Å²) in [5.41, 5.74) is 2.84. The standard InChI is InChI=1S/C16H27N3/c1-14-6-4-5-7-15(14)12-18(2)10-8-16-13-19(3)11-9-17-16/h4-7,16-17H,8-13H2,1-3H3. The lowest BCUT2D eigenvalue weighted by Gasteiger charge is -2.32. The Bertz CT molecular complexity index is 391. The summed E-state index contributed by atoms with van der Waals surface area (Å²) in [4.78, 5) is 4.85. The first kappa shape index (κ1) is 14.5. The number of likely N-dealkylation sites (N-methyl/N-ethyl adjacent to an activating group) is 1. The van der Waals surface area contributed by atoms with E-state index >= 15 is 0 Å². The summed E-state index contributed by atoms with van der Waals surface area (Å²) < 4.78 is 0. The van der Waals surface area contributed by atoms with E-state index in [0.29, 0.717) is 6.04 Å². The fraction of sp³-hybridized carbons (Fsp3) is 0.625. The zero-order chi connectivity index (χ0) is 13.7. The molecule has 1 aliphatic heterocycles. The molecule has 1 N–H and O–H groups in total. The molecule has 19 heavy (non-hydrogen) atoms. The van der Waals surface area contributed by atoms with Crippen LogP contribution in [0.25, 0.3) is 0 Å². The highest BCUT2D eigenvalue weighted by molar-refractivity contribution is 5.25. The van der Waals surface area contributed by atoms with Crippen LogP contribution in [-0.4, -0.2) is 56.1 Å². The monoisotopic (exact) mass is 261 g/mol. The Morgan fingerprint density at radius 3 is 2.89 bits per heavy atom. The van der Waals surface area contributed by atoms with Gasteiger partial charge in [-0.15, -0.1) is 0 Å². The summed E-state index contributed by atoms with van der Waals surface area (Å²) >= 11 is 0. The van der Waals surface area contributed by atoms with Crippen LogP contribution in [0.2, 0.25) is 0 Å². The van der Waals surface area contributed by atoms with Gasteiger partial charge in [0.25, 0.3) is 0 Å². The zero-order valence-corrected chi connectivity index (χ0v) is 12.5. The first-order valence-corrected chi connectivity index (χ1v) is 7.30. The molecule has 0 bridgehead atoms. The maximum atomic E-state index is 3.61. The molecule has 0 saturated carbocycles. The van der Waals surface area contributed by atoms with Crippen LogP contribution in [-0.2, 0) is 6.54 Å². The third-order valence-corrected chi connectivity index (χ3v) is 4.02. The maximum absolute atomic E-state index is 3.61. The van der Waals surface area contributed by atoms with Crippen LogP contribution in [0.1, 0.15) is 17.5 Å². The summed E-state index contributed by atoms with van der Waals surface area (Å²) in [5, 5.41) is 3.61. The highest BCUT2D eigenvalue weighted by atomic mass is 15.2. The molecular weight excluding hydrogens is 234 g/mol. The van der Waals surface area contributed by atoms with Crippen molar-refractivity contribution in [1.82, 2.24) is 15.1 Å². The molecule has 1 fully saturated rings. The number of nitrogens with one attached hydrogen (secondary N) is 1. The molecule has 3 nitrogen and oxygen atoms in total. The third kappa shape index (κ3) is 4.60. The average molecular weight is 261 g/mol.